The summed E-state index contributed by atoms with van der Waals surface area (Å²) >= 11 is 0. The number of alkyl halides is 3. The zero-order chi connectivity index (χ0) is 29.6. The van der Waals surface area contributed by atoms with Crippen LogP contribution in [0.25, 0.3) is 10.9 Å². The lowest BCUT2D eigenvalue weighted by molar-refractivity contribution is -0.275. The number of amides is 1. The number of halogens is 4. The van der Waals surface area contributed by atoms with Gasteiger partial charge in [0, 0.05) is 24.8 Å². The molecule has 214 valence electrons. The Labute approximate surface area is 231 Å². The maximum Gasteiger partial charge on any atom is 0.573 e. The average molecular weight is 573 g/mol. The fraction of sp³-hybridized carbons (Fsp3) is 0.393. The summed E-state index contributed by atoms with van der Waals surface area (Å²) < 4.78 is 63.1. The molecule has 4 atom stereocenters. The Morgan fingerprint density at radius 1 is 1.20 bits per heavy atom. The summed E-state index contributed by atoms with van der Waals surface area (Å²) in [6.45, 7) is 2.62. The fourth-order valence-electron chi connectivity index (χ4n) is 5.36. The van der Waals surface area contributed by atoms with Crippen molar-refractivity contribution < 1.29 is 41.4 Å². The Balaban J connectivity index is 1.36. The molecule has 0 spiro atoms. The summed E-state index contributed by atoms with van der Waals surface area (Å²) in [5.41, 5.74) is 0.314. The summed E-state index contributed by atoms with van der Waals surface area (Å²) in [7, 11) is 0. The summed E-state index contributed by atoms with van der Waals surface area (Å²) in [6, 6.07) is 8.86. The minimum Gasteiger partial charge on any atom is -0.476 e. The van der Waals surface area contributed by atoms with Gasteiger partial charge in [-0.2, -0.15) is 10.4 Å². The standard InChI is InChI=1S/C28H24F4N4O5/c1-14(12-33)40-18-6-7-20-19(11-18)27(15(2)37)34-35(20)13-25(39)36-21-8-17(21)9-22(36)23(38)10-16-4-3-5-24(26(16)29)41-28(30,31)32/h3-7,11,14,17,21-22H,8-10,13H2,1-2H3/t14?,17-,21-,22+/m1/s1. The molecule has 0 bridgehead atoms. The smallest absolute Gasteiger partial charge is 0.476 e. The van der Waals surface area contributed by atoms with Crippen molar-refractivity contribution in [3.05, 3.63) is 53.5 Å². The van der Waals surface area contributed by atoms with Crippen LogP contribution in [0.2, 0.25) is 0 Å². The van der Waals surface area contributed by atoms with Gasteiger partial charge in [0.2, 0.25) is 5.91 Å². The molecule has 2 fully saturated rings. The minimum atomic E-state index is -5.10. The quantitative estimate of drug-likeness (QED) is 0.276. The third kappa shape index (κ3) is 5.73. The highest BCUT2D eigenvalue weighted by Crippen LogP contribution is 2.48. The number of hydrogen-bond acceptors (Lipinski definition) is 7. The molecule has 5 rings (SSSR count). The molecule has 1 aromatic heterocycles. The Kier molecular flexibility index (Phi) is 7.19. The number of ketones is 2. The first kappa shape index (κ1) is 28.1. The van der Waals surface area contributed by atoms with E-state index >= 15 is 0 Å². The Morgan fingerprint density at radius 2 is 1.95 bits per heavy atom. The largest absolute Gasteiger partial charge is 0.573 e. The molecule has 1 unspecified atom stereocenters. The average Bonchev–Trinajstić information content (AvgIpc) is 3.41. The molecular formula is C28H24F4N4O5. The van der Waals surface area contributed by atoms with Gasteiger partial charge in [-0.05, 0) is 55.5 Å². The molecule has 2 aromatic carbocycles. The van der Waals surface area contributed by atoms with Crippen molar-refractivity contribution in [1.29, 1.82) is 5.26 Å². The van der Waals surface area contributed by atoms with Crippen LogP contribution in [0.4, 0.5) is 17.6 Å². The number of benzene rings is 2. The molecule has 1 aliphatic heterocycles. The number of rotatable bonds is 9. The van der Waals surface area contributed by atoms with Crippen LogP contribution in [-0.4, -0.2) is 56.7 Å². The number of carbonyl (C=O) groups excluding carboxylic acids is 3. The zero-order valence-corrected chi connectivity index (χ0v) is 21.9. The van der Waals surface area contributed by atoms with Gasteiger partial charge in [0.25, 0.3) is 0 Å². The molecule has 1 aliphatic carbocycles. The third-order valence-electron chi connectivity index (χ3n) is 7.23. The number of piperidine rings is 1. The van der Waals surface area contributed by atoms with Crippen LogP contribution in [0, 0.1) is 23.1 Å². The van der Waals surface area contributed by atoms with Gasteiger partial charge in [-0.25, -0.2) is 4.39 Å². The number of carbonyl (C=O) groups is 3. The van der Waals surface area contributed by atoms with E-state index in [0.717, 1.165) is 12.1 Å². The summed E-state index contributed by atoms with van der Waals surface area (Å²) in [5.74, 6) is -3.15. The lowest BCUT2D eigenvalue weighted by Crippen LogP contribution is -2.45. The van der Waals surface area contributed by atoms with E-state index in [4.69, 9.17) is 10.00 Å². The van der Waals surface area contributed by atoms with E-state index < -0.39 is 48.2 Å². The van der Waals surface area contributed by atoms with Crippen molar-refractivity contribution >= 4 is 28.4 Å². The molecular weight excluding hydrogens is 548 g/mol. The predicted octanol–water partition coefficient (Wildman–Crippen LogP) is 4.37. The van der Waals surface area contributed by atoms with E-state index in [1.807, 2.05) is 6.07 Å². The number of hydrogen-bond donors (Lipinski definition) is 0. The van der Waals surface area contributed by atoms with Gasteiger partial charge in [-0.3, -0.25) is 19.1 Å². The molecule has 2 aliphatic rings. The summed E-state index contributed by atoms with van der Waals surface area (Å²) in [4.78, 5) is 40.5. The first-order valence-electron chi connectivity index (χ1n) is 12.8. The molecule has 0 radical (unpaired) electrons. The maximum atomic E-state index is 14.7. The number of likely N-dealkylation sites (tertiary alicyclic amines) is 1. The van der Waals surface area contributed by atoms with Crippen LogP contribution in [0.15, 0.2) is 36.4 Å². The summed E-state index contributed by atoms with van der Waals surface area (Å²) in [5, 5.41) is 13.8. The highest BCUT2D eigenvalue weighted by molar-refractivity contribution is 6.05. The second-order valence-corrected chi connectivity index (χ2v) is 10.2. The highest BCUT2D eigenvalue weighted by atomic mass is 19.4. The second kappa shape index (κ2) is 10.5. The van der Waals surface area contributed by atoms with Crippen molar-refractivity contribution in [1.82, 2.24) is 14.7 Å². The van der Waals surface area contributed by atoms with Crippen LogP contribution in [0.3, 0.4) is 0 Å². The predicted molar refractivity (Wildman–Crippen MR) is 134 cm³/mol. The molecule has 0 N–H and O–H groups in total. The number of Topliss-reactive ketones (excluding diaryl/α,β-unsaturated/α-hetero) is 2. The maximum absolute atomic E-state index is 14.7. The van der Waals surface area contributed by atoms with Gasteiger partial charge in [0.05, 0.1) is 11.6 Å². The van der Waals surface area contributed by atoms with Crippen LogP contribution in [0.1, 0.15) is 42.7 Å². The van der Waals surface area contributed by atoms with Crippen molar-refractivity contribution in [2.75, 3.05) is 0 Å². The molecule has 1 saturated heterocycles. The van der Waals surface area contributed by atoms with E-state index in [1.165, 1.54) is 22.6 Å². The lowest BCUT2D eigenvalue weighted by Gasteiger charge is -2.27. The normalized spacial score (nSPS) is 20.3. The monoisotopic (exact) mass is 572 g/mol. The van der Waals surface area contributed by atoms with E-state index in [2.05, 4.69) is 9.84 Å². The Morgan fingerprint density at radius 3 is 2.63 bits per heavy atom. The van der Waals surface area contributed by atoms with Crippen molar-refractivity contribution in [2.24, 2.45) is 5.92 Å². The van der Waals surface area contributed by atoms with Gasteiger partial charge in [0.15, 0.2) is 29.2 Å². The van der Waals surface area contributed by atoms with Gasteiger partial charge < -0.3 is 14.4 Å². The van der Waals surface area contributed by atoms with Crippen molar-refractivity contribution in [2.45, 2.75) is 64.2 Å². The van der Waals surface area contributed by atoms with E-state index in [9.17, 15) is 31.9 Å². The summed E-state index contributed by atoms with van der Waals surface area (Å²) in [6.07, 6.45) is -5.27. The molecule has 1 saturated carbocycles. The number of nitriles is 1. The first-order chi connectivity index (χ1) is 19.4. The molecule has 41 heavy (non-hydrogen) atoms. The van der Waals surface area contributed by atoms with Gasteiger partial charge in [-0.15, -0.1) is 13.2 Å². The van der Waals surface area contributed by atoms with Crippen LogP contribution < -0.4 is 9.47 Å². The number of aromatic nitrogens is 2. The highest BCUT2D eigenvalue weighted by Gasteiger charge is 2.55. The SMILES string of the molecule is CC(=O)c1nn(CC(=O)N2[C@@H]3C[C@@H]3C[C@H]2C(=O)Cc2cccc(OC(F)(F)F)c2F)c2ccc(OC(C)C#N)cc12. The topological polar surface area (TPSA) is 115 Å². The fourth-order valence-corrected chi connectivity index (χ4v) is 5.36. The Hall–Kier alpha value is -4.47. The van der Waals surface area contributed by atoms with Gasteiger partial charge >= 0.3 is 6.36 Å². The zero-order valence-electron chi connectivity index (χ0n) is 21.9. The number of ether oxygens (including phenoxy) is 2. The molecule has 3 aromatic rings. The molecule has 13 heteroatoms. The van der Waals surface area contributed by atoms with Crippen LogP contribution >= 0.6 is 0 Å². The van der Waals surface area contributed by atoms with E-state index in [0.29, 0.717) is 29.5 Å². The molecule has 1 amide bonds. The molecule has 9 nitrogen and oxygen atoms in total. The van der Waals surface area contributed by atoms with Gasteiger partial charge in [0.1, 0.15) is 24.1 Å². The lowest BCUT2D eigenvalue weighted by atomic mass is 9.99. The number of nitrogens with zero attached hydrogens (tertiary/aromatic N) is 4. The third-order valence-corrected chi connectivity index (χ3v) is 7.23. The van der Waals surface area contributed by atoms with E-state index in [1.54, 1.807) is 25.1 Å². The van der Waals surface area contributed by atoms with Crippen LogP contribution in [0.5, 0.6) is 11.5 Å². The molecule has 2 heterocycles. The van der Waals surface area contributed by atoms with Gasteiger partial charge in [-0.1, -0.05) is 12.1 Å². The Bertz CT molecular complexity index is 1590. The van der Waals surface area contributed by atoms with E-state index in [-0.39, 0.29) is 35.5 Å². The number of fused-ring (bicyclic) bond motifs is 2. The van der Waals surface area contributed by atoms with Crippen molar-refractivity contribution in [3.63, 3.8) is 0 Å². The first-order valence-corrected chi connectivity index (χ1v) is 12.8. The second-order valence-electron chi connectivity index (χ2n) is 10.2. The van der Waals surface area contributed by atoms with Crippen molar-refractivity contribution in [3.8, 4) is 17.6 Å². The van der Waals surface area contributed by atoms with Crippen LogP contribution in [-0.2, 0) is 22.6 Å². The minimum absolute atomic E-state index is 0.0987.